The lowest BCUT2D eigenvalue weighted by molar-refractivity contribution is -0.384. The summed E-state index contributed by atoms with van der Waals surface area (Å²) >= 11 is 2.09. The first-order valence-electron chi connectivity index (χ1n) is 11.0. The normalized spacial score (nSPS) is 10.9. The Morgan fingerprint density at radius 3 is 2.64 bits per heavy atom. The molecular weight excluding hydrogens is 573 g/mol. The summed E-state index contributed by atoms with van der Waals surface area (Å²) < 4.78 is 12.4. The molecule has 3 aromatic carbocycles. The number of nitro groups is 1. The van der Waals surface area contributed by atoms with Crippen molar-refractivity contribution in [2.45, 2.75) is 27.4 Å². The van der Waals surface area contributed by atoms with E-state index in [1.165, 1.54) is 18.2 Å². The second kappa shape index (κ2) is 12.2. The van der Waals surface area contributed by atoms with Gasteiger partial charge >= 0.3 is 0 Å². The lowest BCUT2D eigenvalue weighted by Gasteiger charge is -2.15. The molecule has 0 atom stereocenters. The van der Waals surface area contributed by atoms with Crippen molar-refractivity contribution in [3.8, 4) is 17.6 Å². The molecule has 8 nitrogen and oxygen atoms in total. The quantitative estimate of drug-likeness (QED) is 0.101. The summed E-state index contributed by atoms with van der Waals surface area (Å²) in [5, 5.41) is 23.5. The van der Waals surface area contributed by atoms with Gasteiger partial charge in [-0.05, 0) is 89.9 Å². The molecule has 0 heterocycles. The van der Waals surface area contributed by atoms with Crippen molar-refractivity contribution in [2.75, 3.05) is 11.9 Å². The summed E-state index contributed by atoms with van der Waals surface area (Å²) in [6.07, 6.45) is 1.50. The molecule has 9 heteroatoms. The van der Waals surface area contributed by atoms with Gasteiger partial charge < -0.3 is 14.8 Å². The van der Waals surface area contributed by atoms with Gasteiger partial charge in [0.2, 0.25) is 0 Å². The number of hydrogen-bond donors (Lipinski definition) is 1. The lowest BCUT2D eigenvalue weighted by Crippen LogP contribution is -2.14. The van der Waals surface area contributed by atoms with Crippen LogP contribution in [0.25, 0.3) is 6.08 Å². The van der Waals surface area contributed by atoms with Crippen LogP contribution in [0.5, 0.6) is 11.5 Å². The lowest BCUT2D eigenvalue weighted by atomic mass is 10.1. The number of aryl methyl sites for hydroxylation is 2. The maximum atomic E-state index is 12.8. The van der Waals surface area contributed by atoms with Gasteiger partial charge in [-0.25, -0.2) is 0 Å². The van der Waals surface area contributed by atoms with Crippen molar-refractivity contribution in [1.29, 1.82) is 5.26 Å². The number of rotatable bonds is 9. The monoisotopic (exact) mass is 597 g/mol. The number of ether oxygens (including phenoxy) is 2. The summed E-state index contributed by atoms with van der Waals surface area (Å²) in [7, 11) is 0. The van der Waals surface area contributed by atoms with Crippen LogP contribution in [-0.2, 0) is 11.4 Å². The summed E-state index contributed by atoms with van der Waals surface area (Å²) in [6.45, 7) is 6.12. The third-order valence-corrected chi connectivity index (χ3v) is 5.95. The number of nitriles is 1. The molecule has 0 saturated carbocycles. The van der Waals surface area contributed by atoms with Crippen LogP contribution >= 0.6 is 22.6 Å². The van der Waals surface area contributed by atoms with Gasteiger partial charge in [0.05, 0.1) is 15.1 Å². The molecule has 0 fully saturated rings. The second-order valence-electron chi connectivity index (χ2n) is 7.92. The fourth-order valence-corrected chi connectivity index (χ4v) is 4.15. The van der Waals surface area contributed by atoms with Gasteiger partial charge in [-0.1, -0.05) is 24.3 Å². The third-order valence-electron chi connectivity index (χ3n) is 5.15. The number of non-ortho nitro benzene ring substituents is 1. The van der Waals surface area contributed by atoms with Crippen LogP contribution in [0.15, 0.2) is 60.2 Å². The van der Waals surface area contributed by atoms with Crippen LogP contribution in [0.3, 0.4) is 0 Å². The molecule has 0 spiro atoms. The van der Waals surface area contributed by atoms with Crippen LogP contribution in [0.2, 0.25) is 0 Å². The summed E-state index contributed by atoms with van der Waals surface area (Å²) in [6, 6.07) is 17.4. The van der Waals surface area contributed by atoms with Crippen LogP contribution in [0, 0.1) is 38.9 Å². The molecule has 0 bridgehead atoms. The molecule has 0 aliphatic rings. The fraction of sp³-hybridized carbons (Fsp3) is 0.185. The van der Waals surface area contributed by atoms with Crippen LogP contribution < -0.4 is 14.8 Å². The van der Waals surface area contributed by atoms with E-state index in [1.807, 2.05) is 45.0 Å². The van der Waals surface area contributed by atoms with Gasteiger partial charge in [-0.3, -0.25) is 14.9 Å². The highest BCUT2D eigenvalue weighted by molar-refractivity contribution is 14.1. The fourth-order valence-electron chi connectivity index (χ4n) is 3.37. The Kier molecular flexibility index (Phi) is 9.02. The van der Waals surface area contributed by atoms with E-state index in [0.717, 1.165) is 11.1 Å². The highest BCUT2D eigenvalue weighted by atomic mass is 127. The Morgan fingerprint density at radius 1 is 1.17 bits per heavy atom. The van der Waals surface area contributed by atoms with Crippen molar-refractivity contribution in [3.05, 3.63) is 96.1 Å². The number of carbonyl (C=O) groups excluding carboxylic acids is 1. The zero-order valence-electron chi connectivity index (χ0n) is 20.0. The van der Waals surface area contributed by atoms with Gasteiger partial charge in [0.15, 0.2) is 11.5 Å². The van der Waals surface area contributed by atoms with Gasteiger partial charge in [0.1, 0.15) is 18.2 Å². The zero-order valence-corrected chi connectivity index (χ0v) is 22.2. The Bertz CT molecular complexity index is 1380. The molecular formula is C27H24IN3O5. The second-order valence-corrected chi connectivity index (χ2v) is 9.08. The van der Waals surface area contributed by atoms with Crippen LogP contribution in [0.1, 0.15) is 29.2 Å². The number of hydrogen-bond acceptors (Lipinski definition) is 6. The maximum Gasteiger partial charge on any atom is 0.269 e. The number of nitro benzene ring substituents is 1. The number of halogens is 1. The van der Waals surface area contributed by atoms with E-state index in [4.69, 9.17) is 9.47 Å². The maximum absolute atomic E-state index is 12.8. The molecule has 0 aliphatic heterocycles. The Hall–Kier alpha value is -3.91. The molecule has 3 rings (SSSR count). The van der Waals surface area contributed by atoms with Gasteiger partial charge in [0.25, 0.3) is 11.6 Å². The third kappa shape index (κ3) is 6.82. The van der Waals surface area contributed by atoms with E-state index in [-0.39, 0.29) is 17.9 Å². The Labute approximate surface area is 222 Å². The molecule has 36 heavy (non-hydrogen) atoms. The highest BCUT2D eigenvalue weighted by Gasteiger charge is 2.16. The predicted octanol–water partition coefficient (Wildman–Crippen LogP) is 6.34. The summed E-state index contributed by atoms with van der Waals surface area (Å²) in [5.41, 5.74) is 3.70. The summed E-state index contributed by atoms with van der Waals surface area (Å²) in [5.74, 6) is 0.401. The van der Waals surface area contributed by atoms with Crippen molar-refractivity contribution in [2.24, 2.45) is 0 Å². The number of nitrogens with one attached hydrogen (secondary N) is 1. The van der Waals surface area contributed by atoms with Gasteiger partial charge in [0, 0.05) is 17.8 Å². The number of nitrogens with zero attached hydrogens (tertiary/aromatic N) is 2. The largest absolute Gasteiger partial charge is 0.490 e. The van der Waals surface area contributed by atoms with Crippen LogP contribution in [0.4, 0.5) is 11.4 Å². The molecule has 0 saturated heterocycles. The summed E-state index contributed by atoms with van der Waals surface area (Å²) in [4.78, 5) is 23.4. The van der Waals surface area contributed by atoms with E-state index in [1.54, 1.807) is 24.3 Å². The Morgan fingerprint density at radius 2 is 1.94 bits per heavy atom. The molecule has 3 aromatic rings. The topological polar surface area (TPSA) is 114 Å². The number of benzene rings is 3. The van der Waals surface area contributed by atoms with E-state index < -0.39 is 10.8 Å². The molecule has 1 N–H and O–H groups in total. The van der Waals surface area contributed by atoms with E-state index in [2.05, 4.69) is 27.9 Å². The molecule has 0 aliphatic carbocycles. The first kappa shape index (κ1) is 26.7. The van der Waals surface area contributed by atoms with Crippen molar-refractivity contribution >= 4 is 45.9 Å². The SMILES string of the molecule is CCOc1cc(/C=C(\C#N)C(=O)Nc2cc(C)ccc2C)cc(I)c1OCc1cccc([N+](=O)[O-])c1. The number of anilines is 1. The minimum Gasteiger partial charge on any atom is -0.490 e. The van der Waals surface area contributed by atoms with E-state index in [9.17, 15) is 20.2 Å². The first-order valence-corrected chi connectivity index (χ1v) is 12.1. The number of carbonyl (C=O) groups is 1. The number of amides is 1. The van der Waals surface area contributed by atoms with E-state index >= 15 is 0 Å². The molecule has 0 aromatic heterocycles. The van der Waals surface area contributed by atoms with Crippen molar-refractivity contribution in [1.82, 2.24) is 0 Å². The molecule has 0 radical (unpaired) electrons. The van der Waals surface area contributed by atoms with Gasteiger partial charge in [-0.15, -0.1) is 0 Å². The first-order chi connectivity index (χ1) is 17.2. The van der Waals surface area contributed by atoms with Crippen molar-refractivity contribution in [3.63, 3.8) is 0 Å². The Balaban J connectivity index is 1.86. The highest BCUT2D eigenvalue weighted by Crippen LogP contribution is 2.36. The minimum absolute atomic E-state index is 0.0144. The average Bonchev–Trinajstić information content (AvgIpc) is 2.84. The van der Waals surface area contributed by atoms with E-state index in [0.29, 0.717) is 38.5 Å². The average molecular weight is 597 g/mol. The zero-order chi connectivity index (χ0) is 26.2. The molecule has 1 amide bonds. The molecule has 184 valence electrons. The smallest absolute Gasteiger partial charge is 0.269 e. The predicted molar refractivity (Wildman–Crippen MR) is 146 cm³/mol. The van der Waals surface area contributed by atoms with Gasteiger partial charge in [-0.2, -0.15) is 5.26 Å². The minimum atomic E-state index is -0.509. The van der Waals surface area contributed by atoms with Crippen molar-refractivity contribution < 1.29 is 19.2 Å². The van der Waals surface area contributed by atoms with Crippen LogP contribution in [-0.4, -0.2) is 17.4 Å². The molecule has 0 unspecified atom stereocenters. The standard InChI is InChI=1S/C27H24IN3O5/c1-4-35-25-14-20(11-21(15-29)27(32)30-24-10-17(2)8-9-18(24)3)13-23(28)26(25)36-16-19-6-5-7-22(12-19)31(33)34/h5-14H,4,16H2,1-3H3,(H,30,32)/b21-11+.